The molecule has 0 aromatic rings. The molecule has 0 bridgehead atoms. The molecule has 0 N–H and O–H groups in total. The molecular weight excluding hydrogens is 420 g/mol. The standard InChI is InChI=1S/C7H10Br4O/c8-3-1-5(10)7(12)6(11)2-4-9/h5-6H,1-4H2. The molecule has 2 unspecified atom stereocenters. The lowest BCUT2D eigenvalue weighted by Crippen LogP contribution is -2.24. The van der Waals surface area contributed by atoms with Crippen LogP contribution in [0.5, 0.6) is 0 Å². The molecule has 1 nitrogen and oxygen atoms in total. The van der Waals surface area contributed by atoms with Gasteiger partial charge in [-0.1, -0.05) is 63.7 Å². The van der Waals surface area contributed by atoms with Crippen molar-refractivity contribution >= 4 is 69.5 Å². The van der Waals surface area contributed by atoms with Gasteiger partial charge in [-0.3, -0.25) is 4.79 Å². The number of Topliss-reactive ketones (excluding diaryl/α,β-unsaturated/α-hetero) is 1. The Labute approximate surface area is 107 Å². The highest BCUT2D eigenvalue weighted by atomic mass is 79.9. The van der Waals surface area contributed by atoms with Crippen molar-refractivity contribution in [2.24, 2.45) is 0 Å². The maximum Gasteiger partial charge on any atom is 0.160 e. The summed E-state index contributed by atoms with van der Waals surface area (Å²) in [4.78, 5) is 11.4. The Morgan fingerprint density at radius 2 is 1.33 bits per heavy atom. The summed E-state index contributed by atoms with van der Waals surface area (Å²) in [6, 6.07) is 0. The first kappa shape index (κ1) is 13.6. The van der Waals surface area contributed by atoms with Gasteiger partial charge in [-0.05, 0) is 12.8 Å². The molecule has 12 heavy (non-hydrogen) atoms. The molecule has 0 rings (SSSR count). The van der Waals surface area contributed by atoms with Crippen LogP contribution >= 0.6 is 63.7 Å². The third-order valence-corrected chi connectivity index (χ3v) is 4.08. The van der Waals surface area contributed by atoms with Crippen LogP contribution < -0.4 is 0 Å². The number of hydrogen-bond acceptors (Lipinski definition) is 1. The van der Waals surface area contributed by atoms with Crippen LogP contribution in [-0.2, 0) is 4.79 Å². The topological polar surface area (TPSA) is 17.1 Å². The van der Waals surface area contributed by atoms with Crippen LogP contribution in [0, 0.1) is 0 Å². The molecule has 0 fully saturated rings. The van der Waals surface area contributed by atoms with Crippen LogP contribution in [-0.4, -0.2) is 26.1 Å². The van der Waals surface area contributed by atoms with E-state index in [1.54, 1.807) is 0 Å². The van der Waals surface area contributed by atoms with Crippen LogP contribution in [0.1, 0.15) is 12.8 Å². The number of alkyl halides is 4. The van der Waals surface area contributed by atoms with E-state index in [1.165, 1.54) is 0 Å². The average Bonchev–Trinajstić information content (AvgIpc) is 2.04. The first-order valence-electron chi connectivity index (χ1n) is 3.57. The van der Waals surface area contributed by atoms with Crippen molar-refractivity contribution in [2.75, 3.05) is 10.7 Å². The smallest absolute Gasteiger partial charge is 0.160 e. The number of hydrogen-bond donors (Lipinski definition) is 0. The zero-order chi connectivity index (χ0) is 9.56. The maximum atomic E-state index is 11.5. The number of rotatable bonds is 6. The van der Waals surface area contributed by atoms with Crippen LogP contribution in [0.15, 0.2) is 0 Å². The lowest BCUT2D eigenvalue weighted by Gasteiger charge is -2.11. The molecule has 0 aromatic heterocycles. The molecule has 0 aliphatic rings. The number of carbonyl (C=O) groups is 1. The van der Waals surface area contributed by atoms with Crippen molar-refractivity contribution in [3.05, 3.63) is 0 Å². The van der Waals surface area contributed by atoms with E-state index in [0.29, 0.717) is 0 Å². The lowest BCUT2D eigenvalue weighted by atomic mass is 10.1. The molecule has 5 heteroatoms. The molecule has 0 saturated heterocycles. The van der Waals surface area contributed by atoms with E-state index in [9.17, 15) is 4.79 Å². The summed E-state index contributed by atoms with van der Waals surface area (Å²) in [5.41, 5.74) is 0. The first-order chi connectivity index (χ1) is 5.63. The second-order valence-corrected chi connectivity index (χ2v) is 6.09. The van der Waals surface area contributed by atoms with Crippen molar-refractivity contribution < 1.29 is 4.79 Å². The van der Waals surface area contributed by atoms with E-state index < -0.39 is 0 Å². The molecule has 2 atom stereocenters. The molecular formula is C7H10Br4O. The SMILES string of the molecule is O=C(C(Br)CCBr)C(Br)CCBr. The summed E-state index contributed by atoms with van der Waals surface area (Å²) in [6.45, 7) is 0. The van der Waals surface area contributed by atoms with Gasteiger partial charge in [0.1, 0.15) is 0 Å². The molecule has 0 aromatic carbocycles. The van der Waals surface area contributed by atoms with Gasteiger partial charge in [0.2, 0.25) is 0 Å². The highest BCUT2D eigenvalue weighted by Gasteiger charge is 2.21. The zero-order valence-corrected chi connectivity index (χ0v) is 12.7. The van der Waals surface area contributed by atoms with E-state index in [0.717, 1.165) is 23.5 Å². The Bertz CT molecular complexity index is 125. The fourth-order valence-electron chi connectivity index (χ4n) is 0.672. The van der Waals surface area contributed by atoms with Crippen molar-refractivity contribution in [3.8, 4) is 0 Å². The van der Waals surface area contributed by atoms with Gasteiger partial charge in [0.05, 0.1) is 9.65 Å². The van der Waals surface area contributed by atoms with Gasteiger partial charge >= 0.3 is 0 Å². The summed E-state index contributed by atoms with van der Waals surface area (Å²) in [5.74, 6) is 0.230. The van der Waals surface area contributed by atoms with Crippen molar-refractivity contribution in [2.45, 2.75) is 22.5 Å². The van der Waals surface area contributed by atoms with Crippen LogP contribution in [0.3, 0.4) is 0 Å². The Morgan fingerprint density at radius 1 is 1.00 bits per heavy atom. The molecule has 0 aliphatic carbocycles. The molecule has 0 radical (unpaired) electrons. The fraction of sp³-hybridized carbons (Fsp3) is 0.857. The van der Waals surface area contributed by atoms with E-state index in [2.05, 4.69) is 63.7 Å². The van der Waals surface area contributed by atoms with E-state index in [-0.39, 0.29) is 15.4 Å². The third-order valence-electron chi connectivity index (χ3n) is 1.34. The van der Waals surface area contributed by atoms with E-state index in [1.807, 2.05) is 0 Å². The highest BCUT2D eigenvalue weighted by Crippen LogP contribution is 2.17. The number of carbonyl (C=O) groups excluding carboxylic acids is 1. The van der Waals surface area contributed by atoms with Crippen molar-refractivity contribution in [3.63, 3.8) is 0 Å². The minimum absolute atomic E-state index is 0.0275. The van der Waals surface area contributed by atoms with Gasteiger partial charge in [-0.2, -0.15) is 0 Å². The predicted molar refractivity (Wildman–Crippen MR) is 67.3 cm³/mol. The molecule has 0 heterocycles. The summed E-state index contributed by atoms with van der Waals surface area (Å²) >= 11 is 13.3. The number of halogens is 4. The van der Waals surface area contributed by atoms with Crippen molar-refractivity contribution in [1.29, 1.82) is 0 Å². The molecule has 0 aliphatic heterocycles. The normalized spacial score (nSPS) is 15.7. The highest BCUT2D eigenvalue weighted by molar-refractivity contribution is 9.11. The van der Waals surface area contributed by atoms with E-state index >= 15 is 0 Å². The third kappa shape index (κ3) is 5.35. The Kier molecular flexibility index (Phi) is 9.00. The summed E-state index contributed by atoms with van der Waals surface area (Å²) in [6.07, 6.45) is 1.67. The fourth-order valence-corrected chi connectivity index (χ4v) is 4.27. The van der Waals surface area contributed by atoms with E-state index in [4.69, 9.17) is 0 Å². The molecule has 0 spiro atoms. The Morgan fingerprint density at radius 3 is 1.58 bits per heavy atom. The number of ketones is 1. The van der Waals surface area contributed by atoms with Crippen LogP contribution in [0.25, 0.3) is 0 Å². The van der Waals surface area contributed by atoms with Gasteiger partial charge < -0.3 is 0 Å². The summed E-state index contributed by atoms with van der Waals surface area (Å²) in [5, 5.41) is 1.70. The largest absolute Gasteiger partial charge is 0.297 e. The average molecular weight is 430 g/mol. The monoisotopic (exact) mass is 426 g/mol. The molecule has 0 amide bonds. The van der Waals surface area contributed by atoms with Gasteiger partial charge in [0.25, 0.3) is 0 Å². The van der Waals surface area contributed by atoms with Gasteiger partial charge in [-0.25, -0.2) is 0 Å². The van der Waals surface area contributed by atoms with Gasteiger partial charge in [0, 0.05) is 10.7 Å². The van der Waals surface area contributed by atoms with Gasteiger partial charge in [0.15, 0.2) is 5.78 Å². The summed E-state index contributed by atoms with van der Waals surface area (Å²) < 4.78 is 0. The quantitative estimate of drug-likeness (QED) is 0.589. The Balaban J connectivity index is 3.82. The minimum Gasteiger partial charge on any atom is -0.297 e. The second-order valence-electron chi connectivity index (χ2n) is 2.29. The van der Waals surface area contributed by atoms with Gasteiger partial charge in [-0.15, -0.1) is 0 Å². The molecule has 72 valence electrons. The summed E-state index contributed by atoms with van der Waals surface area (Å²) in [7, 11) is 0. The molecule has 0 saturated carbocycles. The first-order valence-corrected chi connectivity index (χ1v) is 7.64. The Hall–Kier alpha value is 1.59. The van der Waals surface area contributed by atoms with Crippen molar-refractivity contribution in [1.82, 2.24) is 0 Å². The minimum atomic E-state index is -0.0275. The lowest BCUT2D eigenvalue weighted by molar-refractivity contribution is -0.117. The van der Waals surface area contributed by atoms with Crippen LogP contribution in [0.4, 0.5) is 0 Å². The second kappa shape index (κ2) is 7.94. The zero-order valence-electron chi connectivity index (χ0n) is 6.40. The predicted octanol–water partition coefficient (Wildman–Crippen LogP) is 3.65. The van der Waals surface area contributed by atoms with Crippen LogP contribution in [0.2, 0.25) is 0 Å². The maximum absolute atomic E-state index is 11.5.